The highest BCUT2D eigenvalue weighted by atomic mass is 16.5. The molecule has 0 aliphatic carbocycles. The second-order valence-electron chi connectivity index (χ2n) is 7.51. The minimum atomic E-state index is -0.0299. The van der Waals surface area contributed by atoms with Crippen LogP contribution in [0.4, 0.5) is 11.4 Å². The molecule has 0 aliphatic heterocycles. The van der Waals surface area contributed by atoms with Crippen molar-refractivity contribution in [1.82, 2.24) is 9.97 Å². The number of hydrogen-bond acceptors (Lipinski definition) is 7. The molecule has 0 saturated carbocycles. The lowest BCUT2D eigenvalue weighted by Crippen LogP contribution is -2.21. The molecule has 33 heavy (non-hydrogen) atoms. The normalized spacial score (nSPS) is 10.9. The van der Waals surface area contributed by atoms with E-state index in [2.05, 4.69) is 4.98 Å². The van der Waals surface area contributed by atoms with Crippen molar-refractivity contribution in [1.29, 1.82) is 0 Å². The van der Waals surface area contributed by atoms with Crippen LogP contribution in [0.3, 0.4) is 0 Å². The number of nitrogens with zero attached hydrogens (tertiary/aromatic N) is 3. The first kappa shape index (κ1) is 22.5. The number of methoxy groups -OCH3 is 2. The predicted molar refractivity (Wildman–Crippen MR) is 129 cm³/mol. The Kier molecular flexibility index (Phi) is 7.02. The number of aliphatic hydroxyl groups is 2. The van der Waals surface area contributed by atoms with Crippen molar-refractivity contribution in [3.8, 4) is 22.8 Å². The summed E-state index contributed by atoms with van der Waals surface area (Å²) in [5, 5.41) is 19.2. The average molecular weight is 446 g/mol. The molecule has 1 heterocycles. The summed E-state index contributed by atoms with van der Waals surface area (Å²) in [7, 11) is 3.22. The highest BCUT2D eigenvalue weighted by Crippen LogP contribution is 2.34. The largest absolute Gasteiger partial charge is 0.497 e. The van der Waals surface area contributed by atoms with Gasteiger partial charge in [-0.3, -0.25) is 4.98 Å². The van der Waals surface area contributed by atoms with Crippen LogP contribution in [-0.4, -0.2) is 54.2 Å². The van der Waals surface area contributed by atoms with E-state index in [0.717, 1.165) is 39.2 Å². The lowest BCUT2D eigenvalue weighted by atomic mass is 10.0. The molecule has 7 heteroatoms. The smallest absolute Gasteiger partial charge is 0.124 e. The van der Waals surface area contributed by atoms with Gasteiger partial charge in [0, 0.05) is 48.3 Å². The van der Waals surface area contributed by atoms with Gasteiger partial charge in [0.05, 0.1) is 43.8 Å². The van der Waals surface area contributed by atoms with Crippen molar-refractivity contribution < 1.29 is 19.7 Å². The van der Waals surface area contributed by atoms with Gasteiger partial charge < -0.3 is 24.6 Å². The zero-order chi connectivity index (χ0) is 23.2. The van der Waals surface area contributed by atoms with Crippen LogP contribution in [0, 0.1) is 0 Å². The molecule has 1 aromatic heterocycles. The zero-order valence-electron chi connectivity index (χ0n) is 18.7. The second-order valence-corrected chi connectivity index (χ2v) is 7.51. The quantitative estimate of drug-likeness (QED) is 0.403. The molecular formula is C26H27N3O4. The number of fused-ring (bicyclic) bond motifs is 1. The molecule has 0 spiro atoms. The van der Waals surface area contributed by atoms with Crippen molar-refractivity contribution in [2.75, 3.05) is 38.9 Å². The maximum atomic E-state index is 9.75. The summed E-state index contributed by atoms with van der Waals surface area (Å²) in [6, 6.07) is 19.3. The molecule has 0 aliphatic rings. The van der Waals surface area contributed by atoms with Gasteiger partial charge in [-0.05, 0) is 30.2 Å². The van der Waals surface area contributed by atoms with Gasteiger partial charge in [0.2, 0.25) is 0 Å². The third-order valence-electron chi connectivity index (χ3n) is 5.48. The predicted octanol–water partition coefficient (Wildman–Crippen LogP) is 3.98. The van der Waals surface area contributed by atoms with E-state index in [1.54, 1.807) is 20.4 Å². The first-order chi connectivity index (χ1) is 16.2. The Morgan fingerprint density at radius 3 is 2.27 bits per heavy atom. The van der Waals surface area contributed by atoms with Gasteiger partial charge in [0.15, 0.2) is 0 Å². The first-order valence-electron chi connectivity index (χ1n) is 10.7. The Morgan fingerprint density at radius 2 is 1.58 bits per heavy atom. The van der Waals surface area contributed by atoms with E-state index in [9.17, 15) is 10.2 Å². The molecule has 4 rings (SSSR count). The molecule has 0 unspecified atom stereocenters. The molecule has 0 saturated heterocycles. The molecule has 3 aromatic carbocycles. The summed E-state index contributed by atoms with van der Waals surface area (Å²) in [6.45, 7) is 0.425. The Bertz CT molecular complexity index is 1220. The average Bonchev–Trinajstić information content (AvgIpc) is 2.86. The summed E-state index contributed by atoms with van der Waals surface area (Å²) >= 11 is 0. The van der Waals surface area contributed by atoms with Crippen LogP contribution in [-0.2, 0) is 6.42 Å². The fraction of sp³-hybridized carbons (Fsp3) is 0.231. The van der Waals surface area contributed by atoms with Gasteiger partial charge in [-0.2, -0.15) is 0 Å². The van der Waals surface area contributed by atoms with Gasteiger partial charge in [-0.15, -0.1) is 0 Å². The fourth-order valence-electron chi connectivity index (χ4n) is 3.86. The SMILES string of the molecule is COc1cc(OC)cc(N(CCO)c2ccc3ncc(-c4ccccc4CCO)nc3c2)c1. The Labute approximate surface area is 192 Å². The van der Waals surface area contributed by atoms with Gasteiger partial charge in [-0.1, -0.05) is 24.3 Å². The molecule has 7 nitrogen and oxygen atoms in total. The topological polar surface area (TPSA) is 87.9 Å². The van der Waals surface area contributed by atoms with E-state index in [1.807, 2.05) is 65.6 Å². The van der Waals surface area contributed by atoms with Crippen LogP contribution in [0.1, 0.15) is 5.56 Å². The Hall–Kier alpha value is -3.68. The molecule has 0 amide bonds. The molecule has 0 fully saturated rings. The maximum Gasteiger partial charge on any atom is 0.124 e. The van der Waals surface area contributed by atoms with Crippen LogP contribution in [0.2, 0.25) is 0 Å². The second kappa shape index (κ2) is 10.3. The standard InChI is InChI=1S/C26H27N3O4/c1-32-21-13-20(14-22(16-21)33-2)29(10-12-31)19-7-8-24-25(15-19)28-26(17-27-24)23-6-4-3-5-18(23)9-11-30/h3-8,13-17,30-31H,9-12H2,1-2H3. The summed E-state index contributed by atoms with van der Waals surface area (Å²) in [5.41, 5.74) is 5.93. The van der Waals surface area contributed by atoms with Crippen molar-refractivity contribution in [3.63, 3.8) is 0 Å². The highest BCUT2D eigenvalue weighted by molar-refractivity contribution is 5.83. The lowest BCUT2D eigenvalue weighted by molar-refractivity contribution is 0.300. The van der Waals surface area contributed by atoms with Gasteiger partial charge in [0.1, 0.15) is 11.5 Å². The summed E-state index contributed by atoms with van der Waals surface area (Å²) in [6.07, 6.45) is 2.31. The van der Waals surface area contributed by atoms with Crippen molar-refractivity contribution in [2.24, 2.45) is 0 Å². The van der Waals surface area contributed by atoms with E-state index in [0.29, 0.717) is 24.5 Å². The Morgan fingerprint density at radius 1 is 0.818 bits per heavy atom. The lowest BCUT2D eigenvalue weighted by Gasteiger charge is -2.25. The van der Waals surface area contributed by atoms with Gasteiger partial charge in [0.25, 0.3) is 0 Å². The van der Waals surface area contributed by atoms with Crippen molar-refractivity contribution in [2.45, 2.75) is 6.42 Å². The minimum Gasteiger partial charge on any atom is -0.497 e. The van der Waals surface area contributed by atoms with Crippen LogP contribution < -0.4 is 14.4 Å². The van der Waals surface area contributed by atoms with E-state index in [-0.39, 0.29) is 13.2 Å². The molecule has 170 valence electrons. The Balaban J connectivity index is 1.79. The number of rotatable bonds is 9. The number of benzene rings is 3. The monoisotopic (exact) mass is 445 g/mol. The van der Waals surface area contributed by atoms with Crippen molar-refractivity contribution in [3.05, 3.63) is 72.4 Å². The molecule has 0 bridgehead atoms. The summed E-state index contributed by atoms with van der Waals surface area (Å²) in [5.74, 6) is 1.33. The van der Waals surface area contributed by atoms with E-state index >= 15 is 0 Å². The highest BCUT2D eigenvalue weighted by Gasteiger charge is 2.14. The third kappa shape index (κ3) is 4.89. The van der Waals surface area contributed by atoms with E-state index < -0.39 is 0 Å². The van der Waals surface area contributed by atoms with E-state index in [1.165, 1.54) is 0 Å². The van der Waals surface area contributed by atoms with Crippen LogP contribution in [0.25, 0.3) is 22.3 Å². The maximum absolute atomic E-state index is 9.75. The first-order valence-corrected chi connectivity index (χ1v) is 10.7. The number of aliphatic hydroxyl groups excluding tert-OH is 2. The number of hydrogen-bond donors (Lipinski definition) is 2. The zero-order valence-corrected chi connectivity index (χ0v) is 18.7. The number of ether oxygens (including phenoxy) is 2. The molecular weight excluding hydrogens is 418 g/mol. The minimum absolute atomic E-state index is 0.0299. The molecule has 2 N–H and O–H groups in total. The number of anilines is 2. The third-order valence-corrected chi connectivity index (χ3v) is 5.48. The fourth-order valence-corrected chi connectivity index (χ4v) is 3.86. The summed E-state index contributed by atoms with van der Waals surface area (Å²) < 4.78 is 10.8. The van der Waals surface area contributed by atoms with Crippen LogP contribution >= 0.6 is 0 Å². The summed E-state index contributed by atoms with van der Waals surface area (Å²) in [4.78, 5) is 11.5. The molecule has 4 aromatic rings. The van der Waals surface area contributed by atoms with Crippen molar-refractivity contribution >= 4 is 22.4 Å². The van der Waals surface area contributed by atoms with Gasteiger partial charge in [-0.25, -0.2) is 4.98 Å². The number of aromatic nitrogens is 2. The van der Waals surface area contributed by atoms with Crippen LogP contribution in [0.5, 0.6) is 11.5 Å². The van der Waals surface area contributed by atoms with E-state index in [4.69, 9.17) is 14.5 Å². The van der Waals surface area contributed by atoms with Gasteiger partial charge >= 0.3 is 0 Å². The molecule has 0 atom stereocenters. The van der Waals surface area contributed by atoms with Crippen LogP contribution in [0.15, 0.2) is 66.9 Å². The molecule has 0 radical (unpaired) electrons.